The van der Waals surface area contributed by atoms with Gasteiger partial charge in [-0.25, -0.2) is 4.57 Å². The first-order chi connectivity index (χ1) is 26.9. The van der Waals surface area contributed by atoms with E-state index < -0.39 is 76.5 Å². The van der Waals surface area contributed by atoms with Crippen LogP contribution in [0.25, 0.3) is 0 Å². The van der Waals surface area contributed by atoms with Gasteiger partial charge in [0.2, 0.25) is 0 Å². The molecule has 0 aliphatic heterocycles. The van der Waals surface area contributed by atoms with Gasteiger partial charge in [0.15, 0.2) is 6.10 Å². The molecule has 56 heavy (non-hydrogen) atoms. The van der Waals surface area contributed by atoms with Crippen LogP contribution in [0.15, 0.2) is 24.3 Å². The minimum Gasteiger partial charge on any atom is -0.462 e. The molecule has 0 amide bonds. The highest BCUT2D eigenvalue weighted by atomic mass is 31.2. The van der Waals surface area contributed by atoms with Gasteiger partial charge in [-0.1, -0.05) is 134 Å². The van der Waals surface area contributed by atoms with Crippen molar-refractivity contribution in [2.45, 2.75) is 186 Å². The number of phosphoric ester groups is 1. The monoisotopic (exact) mass is 818 g/mol. The number of ketones is 1. The lowest BCUT2D eigenvalue weighted by atomic mass is 9.90. The number of carbonyl (C=O) groups is 3. The normalized spacial score (nSPS) is 20.1. The van der Waals surface area contributed by atoms with Crippen LogP contribution in [-0.2, 0) is 37.5 Å². The summed E-state index contributed by atoms with van der Waals surface area (Å²) in [5.41, 5.74) is 0. The molecule has 0 bridgehead atoms. The Morgan fingerprint density at radius 2 is 1.36 bits per heavy atom. The largest absolute Gasteiger partial charge is 0.472 e. The van der Waals surface area contributed by atoms with Crippen molar-refractivity contribution < 1.29 is 62.8 Å². The van der Waals surface area contributed by atoms with E-state index in [2.05, 4.69) is 18.4 Å². The van der Waals surface area contributed by atoms with E-state index in [0.717, 1.165) is 38.5 Å². The second-order valence-corrected chi connectivity index (χ2v) is 16.6. The molecule has 1 unspecified atom stereocenters. The first-order valence-corrected chi connectivity index (χ1v) is 22.9. The summed E-state index contributed by atoms with van der Waals surface area (Å²) < 4.78 is 32.6. The molecule has 0 saturated heterocycles. The maximum absolute atomic E-state index is 12.7. The van der Waals surface area contributed by atoms with E-state index in [-0.39, 0.29) is 31.0 Å². The van der Waals surface area contributed by atoms with Crippen molar-refractivity contribution in [2.75, 3.05) is 26.4 Å². The van der Waals surface area contributed by atoms with Gasteiger partial charge in [-0.15, -0.1) is 0 Å². The molecule has 0 heterocycles. The molecule has 0 aromatic rings. The highest BCUT2D eigenvalue weighted by Gasteiger charge is 2.39. The summed E-state index contributed by atoms with van der Waals surface area (Å²) in [5.74, 6) is -1.91. The van der Waals surface area contributed by atoms with Gasteiger partial charge >= 0.3 is 19.8 Å². The topological polar surface area (TPSA) is 206 Å². The molecule has 1 rings (SSSR count). The predicted molar refractivity (Wildman–Crippen MR) is 215 cm³/mol. The van der Waals surface area contributed by atoms with Crippen LogP contribution in [0.4, 0.5) is 0 Å². The average Bonchev–Trinajstić information content (AvgIpc) is 3.44. The number of aliphatic hydroxyl groups excluding tert-OH is 4. The van der Waals surface area contributed by atoms with Gasteiger partial charge in [-0.2, -0.15) is 0 Å². The van der Waals surface area contributed by atoms with Crippen LogP contribution >= 0.6 is 7.82 Å². The number of hydrogen-bond acceptors (Lipinski definition) is 12. The molecule has 1 fully saturated rings. The van der Waals surface area contributed by atoms with Crippen LogP contribution in [0, 0.1) is 11.8 Å². The minimum absolute atomic E-state index is 0.00786. The maximum Gasteiger partial charge on any atom is 0.472 e. The zero-order valence-corrected chi connectivity index (χ0v) is 35.2. The first kappa shape index (κ1) is 52.1. The summed E-state index contributed by atoms with van der Waals surface area (Å²) in [7, 11) is -4.69. The summed E-state index contributed by atoms with van der Waals surface area (Å²) in [5, 5.41) is 39.0. The molecular formula is C42H75O13P. The zero-order valence-electron chi connectivity index (χ0n) is 34.3. The number of phosphoric acid groups is 1. The fourth-order valence-corrected chi connectivity index (χ4v) is 7.35. The number of hydrogen-bond donors (Lipinski definition) is 5. The van der Waals surface area contributed by atoms with Crippen LogP contribution in [0.5, 0.6) is 0 Å². The van der Waals surface area contributed by atoms with Crippen LogP contribution in [0.1, 0.15) is 162 Å². The number of ether oxygens (including phenoxy) is 2. The highest BCUT2D eigenvalue weighted by Crippen LogP contribution is 2.43. The molecule has 0 spiro atoms. The Bertz CT molecular complexity index is 1150. The van der Waals surface area contributed by atoms with E-state index in [1.54, 1.807) is 12.2 Å². The van der Waals surface area contributed by atoms with Crippen molar-refractivity contribution in [3.05, 3.63) is 24.3 Å². The minimum atomic E-state index is -4.69. The van der Waals surface area contributed by atoms with Gasteiger partial charge in [-0.3, -0.25) is 23.4 Å². The lowest BCUT2D eigenvalue weighted by Gasteiger charge is -2.20. The third-order valence-corrected chi connectivity index (χ3v) is 10.9. The van der Waals surface area contributed by atoms with E-state index in [1.807, 2.05) is 12.2 Å². The maximum atomic E-state index is 12.7. The Hall–Kier alpha value is -1.96. The zero-order chi connectivity index (χ0) is 41.4. The van der Waals surface area contributed by atoms with Crippen molar-refractivity contribution in [2.24, 2.45) is 11.8 Å². The van der Waals surface area contributed by atoms with Crippen molar-refractivity contribution in [3.8, 4) is 0 Å². The standard InChI is InChI=1S/C42H75O13P/c1-3-5-7-8-9-10-11-12-13-14-15-16-21-25-41(48)52-32-36(33-54-56(50,51)53-31-35(45)30-43)55-42(49)26-22-18-17-20-24-37-38(40(47)29-39(37)46)28-27-34(44)23-19-6-4-2/h17,20,27-28,34-38,40,43-45,47H,3-16,18-19,21-26,29-33H2,1-2H3,(H,50,51)/b20-17-,28-27+/t34-,35-,36+,37+,38+,40+/m0/s1. The van der Waals surface area contributed by atoms with Gasteiger partial charge in [0.25, 0.3) is 0 Å². The molecule has 0 radical (unpaired) electrons. The van der Waals surface area contributed by atoms with E-state index in [9.17, 15) is 39.2 Å². The summed E-state index contributed by atoms with van der Waals surface area (Å²) in [6.45, 7) is 1.96. The van der Waals surface area contributed by atoms with E-state index in [0.29, 0.717) is 32.1 Å². The van der Waals surface area contributed by atoms with E-state index >= 15 is 0 Å². The fourth-order valence-electron chi connectivity index (χ4n) is 6.56. The Morgan fingerprint density at radius 3 is 1.98 bits per heavy atom. The van der Waals surface area contributed by atoms with Crippen LogP contribution in [0.2, 0.25) is 0 Å². The second kappa shape index (κ2) is 32.9. The van der Waals surface area contributed by atoms with Gasteiger partial charge in [-0.05, 0) is 32.1 Å². The third kappa shape index (κ3) is 26.9. The lowest BCUT2D eigenvalue weighted by molar-refractivity contribution is -0.161. The average molecular weight is 819 g/mol. The lowest BCUT2D eigenvalue weighted by Crippen LogP contribution is -2.29. The number of rotatable bonds is 36. The number of aliphatic hydroxyl groups is 4. The number of Topliss-reactive ketones (excluding diaryl/α,β-unsaturated/α-hetero) is 1. The fraction of sp³-hybridized carbons (Fsp3) is 0.833. The Balaban J connectivity index is 2.50. The van der Waals surface area contributed by atoms with Crippen molar-refractivity contribution in [1.29, 1.82) is 0 Å². The van der Waals surface area contributed by atoms with Crippen molar-refractivity contribution in [3.63, 3.8) is 0 Å². The second-order valence-electron chi connectivity index (χ2n) is 15.2. The van der Waals surface area contributed by atoms with Gasteiger partial charge in [0, 0.05) is 31.1 Å². The number of carbonyl (C=O) groups excluding carboxylic acids is 3. The molecule has 326 valence electrons. The smallest absolute Gasteiger partial charge is 0.462 e. The van der Waals surface area contributed by atoms with E-state index in [4.69, 9.17) is 19.1 Å². The molecule has 1 aliphatic carbocycles. The molecule has 0 aromatic carbocycles. The summed E-state index contributed by atoms with van der Waals surface area (Å²) in [6, 6.07) is 0. The SMILES string of the molecule is CCCCCCCCCCCCCCCC(=O)OC[C@H](COP(=O)(O)OC[C@@H](O)CO)OC(=O)CCC/C=C\C[C@H]1C(=O)C[C@@H](O)[C@@H]1/C=C/[C@@H](O)CCCCC. The van der Waals surface area contributed by atoms with Gasteiger partial charge < -0.3 is 34.8 Å². The molecule has 1 aliphatic rings. The summed E-state index contributed by atoms with van der Waals surface area (Å²) >= 11 is 0. The van der Waals surface area contributed by atoms with Gasteiger partial charge in [0.05, 0.1) is 32.0 Å². The van der Waals surface area contributed by atoms with Crippen molar-refractivity contribution in [1.82, 2.24) is 0 Å². The molecule has 14 heteroatoms. The Morgan fingerprint density at radius 1 is 0.786 bits per heavy atom. The summed E-state index contributed by atoms with van der Waals surface area (Å²) in [4.78, 5) is 47.7. The number of esters is 2. The molecule has 5 N–H and O–H groups in total. The quantitative estimate of drug-likeness (QED) is 0.0179. The molecule has 13 nitrogen and oxygen atoms in total. The third-order valence-electron chi connectivity index (χ3n) is 9.98. The molecule has 1 saturated carbocycles. The Labute approximate surface area is 336 Å². The van der Waals surface area contributed by atoms with Crippen LogP contribution in [0.3, 0.4) is 0 Å². The number of unbranched alkanes of at least 4 members (excludes halogenated alkanes) is 15. The van der Waals surface area contributed by atoms with Crippen LogP contribution < -0.4 is 0 Å². The molecule has 0 aromatic heterocycles. The summed E-state index contributed by atoms with van der Waals surface area (Å²) in [6.07, 6.45) is 23.7. The van der Waals surface area contributed by atoms with Crippen molar-refractivity contribution >= 4 is 25.5 Å². The predicted octanol–water partition coefficient (Wildman–Crippen LogP) is 7.59. The molecule has 7 atom stereocenters. The molecular weight excluding hydrogens is 743 g/mol. The van der Waals surface area contributed by atoms with Gasteiger partial charge in [0.1, 0.15) is 18.5 Å². The number of allylic oxidation sites excluding steroid dienone is 2. The van der Waals surface area contributed by atoms with Crippen LogP contribution in [-0.4, -0.2) is 93.9 Å². The van der Waals surface area contributed by atoms with E-state index in [1.165, 1.54) is 57.8 Å². The Kier molecular flexibility index (Phi) is 30.6. The highest BCUT2D eigenvalue weighted by molar-refractivity contribution is 7.47. The first-order valence-electron chi connectivity index (χ1n) is 21.4.